The first-order chi connectivity index (χ1) is 15.1. The van der Waals surface area contributed by atoms with E-state index < -0.39 is 0 Å². The molecule has 2 aliphatic rings. The minimum Gasteiger partial charge on any atom is -0.493 e. The van der Waals surface area contributed by atoms with E-state index in [-0.39, 0.29) is 17.9 Å². The Morgan fingerprint density at radius 2 is 1.84 bits per heavy atom. The van der Waals surface area contributed by atoms with Crippen LogP contribution in [0.15, 0.2) is 46.9 Å². The largest absolute Gasteiger partial charge is 0.493 e. The molecule has 0 aromatic heterocycles. The number of nitrogens with one attached hydrogen (secondary N) is 1. The summed E-state index contributed by atoms with van der Waals surface area (Å²) < 4.78 is 17.5. The lowest BCUT2D eigenvalue weighted by Crippen LogP contribution is -2.44. The fraction of sp³-hybridized carbons (Fsp3) is 0.458. The first-order valence-corrected chi connectivity index (χ1v) is 11.5. The Morgan fingerprint density at radius 1 is 1.13 bits per heavy atom. The molecule has 1 aliphatic carbocycles. The second-order valence-corrected chi connectivity index (χ2v) is 8.94. The summed E-state index contributed by atoms with van der Waals surface area (Å²) in [5.41, 5.74) is 2.33. The lowest BCUT2D eigenvalue weighted by Gasteiger charge is -2.35. The van der Waals surface area contributed by atoms with E-state index in [0.29, 0.717) is 37.2 Å². The Balaban J connectivity index is 1.44. The van der Waals surface area contributed by atoms with Gasteiger partial charge in [0.15, 0.2) is 11.5 Å². The van der Waals surface area contributed by atoms with Crippen LogP contribution in [-0.2, 0) is 9.53 Å². The van der Waals surface area contributed by atoms with Crippen molar-refractivity contribution in [1.82, 2.24) is 10.2 Å². The van der Waals surface area contributed by atoms with E-state index in [9.17, 15) is 4.79 Å². The fourth-order valence-corrected chi connectivity index (χ4v) is 4.56. The van der Waals surface area contributed by atoms with Crippen LogP contribution in [-0.4, -0.2) is 57.9 Å². The van der Waals surface area contributed by atoms with Crippen molar-refractivity contribution in [2.45, 2.75) is 18.4 Å². The molecule has 4 rings (SSSR count). The van der Waals surface area contributed by atoms with E-state index in [1.165, 1.54) is 5.56 Å². The molecule has 0 radical (unpaired) electrons. The third-order valence-corrected chi connectivity index (χ3v) is 6.70. The molecule has 1 heterocycles. The van der Waals surface area contributed by atoms with Gasteiger partial charge in [-0.25, -0.2) is 0 Å². The number of ether oxygens (including phenoxy) is 3. The zero-order chi connectivity index (χ0) is 21.8. The van der Waals surface area contributed by atoms with Gasteiger partial charge in [0.25, 0.3) is 0 Å². The van der Waals surface area contributed by atoms with Gasteiger partial charge in [-0.2, -0.15) is 0 Å². The molecule has 7 heteroatoms. The van der Waals surface area contributed by atoms with Gasteiger partial charge >= 0.3 is 0 Å². The van der Waals surface area contributed by atoms with Gasteiger partial charge in [0.1, 0.15) is 0 Å². The number of hydrogen-bond acceptors (Lipinski definition) is 5. The van der Waals surface area contributed by atoms with Crippen molar-refractivity contribution >= 4 is 21.8 Å². The lowest BCUT2D eigenvalue weighted by atomic mass is 10.0. The van der Waals surface area contributed by atoms with E-state index in [0.717, 1.165) is 29.5 Å². The summed E-state index contributed by atoms with van der Waals surface area (Å²) in [4.78, 5) is 15.3. The molecule has 2 fully saturated rings. The maximum absolute atomic E-state index is 12.9. The summed E-state index contributed by atoms with van der Waals surface area (Å²) in [7, 11) is 3.28. The van der Waals surface area contributed by atoms with Crippen LogP contribution in [0.25, 0.3) is 0 Å². The Bertz CT molecular complexity index is 899. The summed E-state index contributed by atoms with van der Waals surface area (Å²) in [6.45, 7) is 3.62. The number of carbonyl (C=O) groups excluding carboxylic acids is 1. The van der Waals surface area contributed by atoms with Crippen molar-refractivity contribution < 1.29 is 19.0 Å². The van der Waals surface area contributed by atoms with Crippen LogP contribution in [0.2, 0.25) is 0 Å². The van der Waals surface area contributed by atoms with Crippen molar-refractivity contribution in [2.75, 3.05) is 47.1 Å². The second kappa shape index (κ2) is 10.0. The lowest BCUT2D eigenvalue weighted by molar-refractivity contribution is -0.122. The Hall–Kier alpha value is -2.09. The molecule has 1 saturated carbocycles. The van der Waals surface area contributed by atoms with Gasteiger partial charge < -0.3 is 19.5 Å². The van der Waals surface area contributed by atoms with Crippen LogP contribution >= 0.6 is 15.9 Å². The highest BCUT2D eigenvalue weighted by Crippen LogP contribution is 2.47. The van der Waals surface area contributed by atoms with Crippen molar-refractivity contribution in [2.24, 2.45) is 5.92 Å². The van der Waals surface area contributed by atoms with Crippen LogP contribution in [0.4, 0.5) is 0 Å². The molecule has 1 aliphatic heterocycles. The Kier molecular flexibility index (Phi) is 7.15. The van der Waals surface area contributed by atoms with Crippen LogP contribution < -0.4 is 14.8 Å². The Labute approximate surface area is 192 Å². The molecule has 6 nitrogen and oxygen atoms in total. The van der Waals surface area contributed by atoms with Gasteiger partial charge in [0.05, 0.1) is 33.5 Å². The number of nitrogens with zero attached hydrogens (tertiary/aromatic N) is 1. The molecule has 166 valence electrons. The molecular formula is C24H29BrN2O4. The average Bonchev–Trinajstić information content (AvgIpc) is 3.61. The number of benzene rings is 2. The van der Waals surface area contributed by atoms with Crippen LogP contribution in [0.1, 0.15) is 29.5 Å². The third kappa shape index (κ3) is 5.22. The highest BCUT2D eigenvalue weighted by Gasteiger charge is 2.44. The smallest absolute Gasteiger partial charge is 0.223 e. The van der Waals surface area contributed by atoms with Crippen molar-refractivity contribution in [1.29, 1.82) is 0 Å². The molecule has 0 spiro atoms. The second-order valence-electron chi connectivity index (χ2n) is 8.02. The third-order valence-electron chi connectivity index (χ3n) is 6.17. The molecule has 3 unspecified atom stereocenters. The van der Waals surface area contributed by atoms with E-state index in [1.54, 1.807) is 14.2 Å². The molecular weight excluding hydrogens is 460 g/mol. The number of methoxy groups -OCH3 is 2. The van der Waals surface area contributed by atoms with E-state index in [1.807, 2.05) is 24.3 Å². The van der Waals surface area contributed by atoms with E-state index >= 15 is 0 Å². The number of carbonyl (C=O) groups is 1. The quantitative estimate of drug-likeness (QED) is 0.612. The van der Waals surface area contributed by atoms with Gasteiger partial charge in [-0.3, -0.25) is 9.69 Å². The monoisotopic (exact) mass is 488 g/mol. The maximum atomic E-state index is 12.9. The standard InChI is InChI=1S/C24H29BrN2O4/c1-29-22-8-5-17(13-23(22)30-2)21(27-9-11-31-12-10-27)15-26-24(28)20-14-19(20)16-3-6-18(25)7-4-16/h3-8,13,19-21H,9-12,14-15H2,1-2H3,(H,26,28). The van der Waals surface area contributed by atoms with Gasteiger partial charge in [-0.15, -0.1) is 0 Å². The summed E-state index contributed by atoms with van der Waals surface area (Å²) in [5.74, 6) is 1.90. The van der Waals surface area contributed by atoms with Gasteiger partial charge in [-0.1, -0.05) is 34.1 Å². The first-order valence-electron chi connectivity index (χ1n) is 10.7. The molecule has 1 amide bonds. The Morgan fingerprint density at radius 3 is 2.52 bits per heavy atom. The topological polar surface area (TPSA) is 60.0 Å². The van der Waals surface area contributed by atoms with Crippen molar-refractivity contribution in [3.63, 3.8) is 0 Å². The normalized spacial score (nSPS) is 21.9. The summed E-state index contributed by atoms with van der Waals surface area (Å²) in [6, 6.07) is 14.3. The summed E-state index contributed by atoms with van der Waals surface area (Å²) in [5, 5.41) is 3.21. The van der Waals surface area contributed by atoms with E-state index in [4.69, 9.17) is 14.2 Å². The average molecular weight is 489 g/mol. The molecule has 1 N–H and O–H groups in total. The fourth-order valence-electron chi connectivity index (χ4n) is 4.30. The van der Waals surface area contributed by atoms with Gasteiger partial charge in [0.2, 0.25) is 5.91 Å². The molecule has 0 bridgehead atoms. The predicted molar refractivity (Wildman–Crippen MR) is 123 cm³/mol. The van der Waals surface area contributed by atoms with Crippen LogP contribution in [0, 0.1) is 5.92 Å². The highest BCUT2D eigenvalue weighted by molar-refractivity contribution is 9.10. The number of hydrogen-bond donors (Lipinski definition) is 1. The summed E-state index contributed by atoms with van der Waals surface area (Å²) >= 11 is 3.47. The first kappa shape index (κ1) is 22.1. The number of morpholine rings is 1. The molecule has 31 heavy (non-hydrogen) atoms. The van der Waals surface area contributed by atoms with Crippen LogP contribution in [0.5, 0.6) is 11.5 Å². The van der Waals surface area contributed by atoms with Crippen molar-refractivity contribution in [3.05, 3.63) is 58.1 Å². The minimum absolute atomic E-state index is 0.0527. The van der Waals surface area contributed by atoms with Crippen LogP contribution in [0.3, 0.4) is 0 Å². The minimum atomic E-state index is 0.0527. The summed E-state index contributed by atoms with van der Waals surface area (Å²) in [6.07, 6.45) is 0.909. The van der Waals surface area contributed by atoms with Gasteiger partial charge in [0, 0.05) is 30.0 Å². The number of halogens is 1. The zero-order valence-electron chi connectivity index (χ0n) is 18.0. The molecule has 2 aromatic carbocycles. The SMILES string of the molecule is COc1ccc(C(CNC(=O)C2CC2c2ccc(Br)cc2)N2CCOCC2)cc1OC. The number of amides is 1. The predicted octanol–water partition coefficient (Wildman–Crippen LogP) is 3.76. The van der Waals surface area contributed by atoms with Gasteiger partial charge in [-0.05, 0) is 47.7 Å². The number of rotatable bonds is 8. The zero-order valence-corrected chi connectivity index (χ0v) is 19.6. The van der Waals surface area contributed by atoms with Crippen molar-refractivity contribution in [3.8, 4) is 11.5 Å². The highest BCUT2D eigenvalue weighted by atomic mass is 79.9. The molecule has 3 atom stereocenters. The molecule has 1 saturated heterocycles. The molecule has 2 aromatic rings. The van der Waals surface area contributed by atoms with E-state index in [2.05, 4.69) is 44.3 Å². The maximum Gasteiger partial charge on any atom is 0.223 e.